The van der Waals surface area contributed by atoms with Gasteiger partial charge in [0.2, 0.25) is 10.0 Å². The zero-order valence-corrected chi connectivity index (χ0v) is 19.6. The van der Waals surface area contributed by atoms with E-state index in [-0.39, 0.29) is 6.04 Å². The standard InChI is InChI=1S/C24H24N4O2S2/c1-17-12-20-13-19(8-9-22(20)28(17)32(2,29)30)21-16-31-24(26-21)14-23-25-10-11-27(23)15-18-6-4-3-5-7-18/h3-11,13,16-17H,12,14-15H2,1-2H3/t17-/m0/s1. The van der Waals surface area contributed by atoms with Crippen molar-refractivity contribution in [3.05, 3.63) is 88.3 Å². The summed E-state index contributed by atoms with van der Waals surface area (Å²) in [7, 11) is -3.28. The van der Waals surface area contributed by atoms with Crippen LogP contribution in [0, 0.1) is 0 Å². The van der Waals surface area contributed by atoms with E-state index in [0.29, 0.717) is 12.8 Å². The molecule has 0 radical (unpaired) electrons. The van der Waals surface area contributed by atoms with Gasteiger partial charge in [0.05, 0.1) is 24.1 Å². The number of nitrogens with zero attached hydrogens (tertiary/aromatic N) is 4. The third kappa shape index (κ3) is 4.08. The van der Waals surface area contributed by atoms with Crippen molar-refractivity contribution in [2.45, 2.75) is 32.4 Å². The minimum absolute atomic E-state index is 0.0651. The maximum atomic E-state index is 12.2. The van der Waals surface area contributed by atoms with Crippen molar-refractivity contribution in [1.82, 2.24) is 14.5 Å². The Morgan fingerprint density at radius 2 is 1.97 bits per heavy atom. The number of imidazole rings is 1. The first-order chi connectivity index (χ1) is 15.4. The van der Waals surface area contributed by atoms with E-state index in [1.165, 1.54) is 16.1 Å². The number of hydrogen-bond acceptors (Lipinski definition) is 5. The van der Waals surface area contributed by atoms with Crippen molar-refractivity contribution < 1.29 is 8.42 Å². The van der Waals surface area contributed by atoms with E-state index in [2.05, 4.69) is 33.1 Å². The van der Waals surface area contributed by atoms with Gasteiger partial charge in [-0.2, -0.15) is 0 Å². The number of aromatic nitrogens is 3. The Morgan fingerprint density at radius 1 is 1.16 bits per heavy atom. The van der Waals surface area contributed by atoms with E-state index >= 15 is 0 Å². The van der Waals surface area contributed by atoms with Gasteiger partial charge in [0.1, 0.15) is 10.8 Å². The summed E-state index contributed by atoms with van der Waals surface area (Å²) in [6, 6.07) is 16.2. The van der Waals surface area contributed by atoms with Gasteiger partial charge in [-0.15, -0.1) is 11.3 Å². The van der Waals surface area contributed by atoms with Gasteiger partial charge in [0, 0.05) is 35.9 Å². The number of fused-ring (bicyclic) bond motifs is 1. The number of sulfonamides is 1. The van der Waals surface area contributed by atoms with E-state index in [4.69, 9.17) is 4.98 Å². The predicted molar refractivity (Wildman–Crippen MR) is 129 cm³/mol. The first kappa shape index (κ1) is 20.9. The fourth-order valence-corrected chi connectivity index (χ4v) is 6.42. The van der Waals surface area contributed by atoms with E-state index < -0.39 is 10.0 Å². The number of benzene rings is 2. The molecule has 6 nitrogen and oxygen atoms in total. The summed E-state index contributed by atoms with van der Waals surface area (Å²) < 4.78 is 28.0. The van der Waals surface area contributed by atoms with Crippen LogP contribution in [-0.4, -0.2) is 35.3 Å². The smallest absolute Gasteiger partial charge is 0.232 e. The number of hydrogen-bond donors (Lipinski definition) is 0. The second-order valence-corrected chi connectivity index (χ2v) is 11.0. The second kappa shape index (κ2) is 8.18. The molecule has 0 unspecified atom stereocenters. The minimum atomic E-state index is -3.28. The third-order valence-electron chi connectivity index (χ3n) is 5.74. The summed E-state index contributed by atoms with van der Waals surface area (Å²) in [5.74, 6) is 0.987. The molecule has 2 aromatic carbocycles. The molecule has 0 spiro atoms. The van der Waals surface area contributed by atoms with Crippen LogP contribution in [0.15, 0.2) is 66.3 Å². The lowest BCUT2D eigenvalue weighted by atomic mass is 10.1. The average molecular weight is 465 g/mol. The zero-order chi connectivity index (χ0) is 22.3. The Hall–Kier alpha value is -2.97. The first-order valence-corrected chi connectivity index (χ1v) is 13.2. The summed E-state index contributed by atoms with van der Waals surface area (Å²) in [5, 5.41) is 3.07. The maximum absolute atomic E-state index is 12.2. The summed E-state index contributed by atoms with van der Waals surface area (Å²) in [4.78, 5) is 9.39. The summed E-state index contributed by atoms with van der Waals surface area (Å²) in [5.41, 5.74) is 5.00. The van der Waals surface area contributed by atoms with Gasteiger partial charge in [0.25, 0.3) is 0 Å². The molecule has 1 atom stereocenters. The van der Waals surface area contributed by atoms with Crippen molar-refractivity contribution in [3.8, 4) is 11.3 Å². The van der Waals surface area contributed by atoms with E-state index in [0.717, 1.165) is 39.9 Å². The van der Waals surface area contributed by atoms with E-state index in [1.807, 2.05) is 49.6 Å². The minimum Gasteiger partial charge on any atom is -0.330 e. The molecule has 0 saturated carbocycles. The Balaban J connectivity index is 1.36. The average Bonchev–Trinajstić information content (AvgIpc) is 3.46. The highest BCUT2D eigenvalue weighted by Crippen LogP contribution is 2.37. The summed E-state index contributed by atoms with van der Waals surface area (Å²) >= 11 is 1.63. The lowest BCUT2D eigenvalue weighted by molar-refractivity contribution is 0.590. The molecule has 0 amide bonds. The fraction of sp³-hybridized carbons (Fsp3) is 0.250. The molecule has 0 fully saturated rings. The molecular weight excluding hydrogens is 440 g/mol. The maximum Gasteiger partial charge on any atom is 0.232 e. The van der Waals surface area contributed by atoms with Crippen molar-refractivity contribution in [1.29, 1.82) is 0 Å². The fourth-order valence-electron chi connectivity index (χ4n) is 4.36. The molecule has 2 aromatic heterocycles. The number of rotatable bonds is 6. The number of anilines is 1. The summed E-state index contributed by atoms with van der Waals surface area (Å²) in [6.07, 6.45) is 6.49. The zero-order valence-electron chi connectivity index (χ0n) is 18.0. The molecule has 1 aliphatic heterocycles. The topological polar surface area (TPSA) is 68.1 Å². The Morgan fingerprint density at radius 3 is 2.75 bits per heavy atom. The van der Waals surface area contributed by atoms with Crippen molar-refractivity contribution in [3.63, 3.8) is 0 Å². The molecule has 5 rings (SSSR count). The van der Waals surface area contributed by atoms with Crippen LogP contribution < -0.4 is 4.31 Å². The van der Waals surface area contributed by atoms with Crippen LogP contribution in [0.2, 0.25) is 0 Å². The molecule has 4 aromatic rings. The lowest BCUT2D eigenvalue weighted by Crippen LogP contribution is -2.34. The van der Waals surface area contributed by atoms with Crippen molar-refractivity contribution >= 4 is 27.0 Å². The van der Waals surface area contributed by atoms with Gasteiger partial charge >= 0.3 is 0 Å². The van der Waals surface area contributed by atoms with Crippen LogP contribution in [0.3, 0.4) is 0 Å². The van der Waals surface area contributed by atoms with Crippen LogP contribution in [0.5, 0.6) is 0 Å². The van der Waals surface area contributed by atoms with E-state index in [9.17, 15) is 8.42 Å². The van der Waals surface area contributed by atoms with E-state index in [1.54, 1.807) is 11.3 Å². The van der Waals surface area contributed by atoms with Gasteiger partial charge in [-0.1, -0.05) is 36.4 Å². The lowest BCUT2D eigenvalue weighted by Gasteiger charge is -2.21. The van der Waals surface area contributed by atoms with Crippen molar-refractivity contribution in [2.24, 2.45) is 0 Å². The van der Waals surface area contributed by atoms with Crippen LogP contribution in [0.25, 0.3) is 11.3 Å². The highest BCUT2D eigenvalue weighted by atomic mass is 32.2. The SMILES string of the molecule is C[C@H]1Cc2cc(-c3csc(Cc4nccn4Cc4ccccc4)n3)ccc2N1S(C)(=O)=O. The molecule has 0 saturated heterocycles. The predicted octanol–water partition coefficient (Wildman–Crippen LogP) is 4.36. The Kier molecular flexibility index (Phi) is 5.35. The van der Waals surface area contributed by atoms with Gasteiger partial charge in [-0.25, -0.2) is 18.4 Å². The van der Waals surface area contributed by atoms with Crippen LogP contribution in [0.4, 0.5) is 5.69 Å². The van der Waals surface area contributed by atoms with Crippen LogP contribution in [-0.2, 0) is 29.4 Å². The van der Waals surface area contributed by atoms with Crippen LogP contribution >= 0.6 is 11.3 Å². The number of thiazole rings is 1. The molecule has 32 heavy (non-hydrogen) atoms. The van der Waals surface area contributed by atoms with Crippen molar-refractivity contribution in [2.75, 3.05) is 10.6 Å². The molecule has 8 heteroatoms. The molecule has 0 bridgehead atoms. The Bertz CT molecular complexity index is 1360. The molecule has 3 heterocycles. The largest absolute Gasteiger partial charge is 0.330 e. The van der Waals surface area contributed by atoms with Gasteiger partial charge < -0.3 is 4.57 Å². The molecule has 0 N–H and O–H groups in total. The first-order valence-electron chi connectivity index (χ1n) is 10.5. The highest BCUT2D eigenvalue weighted by Gasteiger charge is 2.32. The quantitative estimate of drug-likeness (QED) is 0.425. The van der Waals surface area contributed by atoms with Gasteiger partial charge in [-0.05, 0) is 36.6 Å². The van der Waals surface area contributed by atoms with Gasteiger partial charge in [-0.3, -0.25) is 4.31 Å². The highest BCUT2D eigenvalue weighted by molar-refractivity contribution is 7.92. The Labute approximate surface area is 192 Å². The summed E-state index contributed by atoms with van der Waals surface area (Å²) in [6.45, 7) is 2.73. The second-order valence-electron chi connectivity index (χ2n) is 8.22. The normalized spacial score (nSPS) is 15.8. The van der Waals surface area contributed by atoms with Gasteiger partial charge in [0.15, 0.2) is 0 Å². The molecule has 0 aliphatic carbocycles. The van der Waals surface area contributed by atoms with Crippen LogP contribution in [0.1, 0.15) is 28.9 Å². The third-order valence-corrected chi connectivity index (χ3v) is 7.86. The molecule has 164 valence electrons. The molecular formula is C24H24N4O2S2. The monoisotopic (exact) mass is 464 g/mol. The molecule has 1 aliphatic rings.